The lowest BCUT2D eigenvalue weighted by atomic mass is 10.0. The van der Waals surface area contributed by atoms with Crippen molar-refractivity contribution in [3.05, 3.63) is 10.6 Å². The molecule has 1 unspecified atom stereocenters. The lowest BCUT2D eigenvalue weighted by Gasteiger charge is -2.19. The molecule has 0 spiro atoms. The highest BCUT2D eigenvalue weighted by Crippen LogP contribution is 2.31. The molecule has 0 N–H and O–H groups in total. The van der Waals surface area contributed by atoms with Crippen LogP contribution in [0.25, 0.3) is 0 Å². The quantitative estimate of drug-likeness (QED) is 0.666. The van der Waals surface area contributed by atoms with Crippen molar-refractivity contribution in [3.63, 3.8) is 0 Å². The Morgan fingerprint density at radius 2 is 2.11 bits per heavy atom. The molecule has 1 aromatic heterocycles. The highest BCUT2D eigenvalue weighted by atomic mass is 32.1. The molecule has 102 valence electrons. The molecule has 3 nitrogen and oxygen atoms in total. The average Bonchev–Trinajstić information content (AvgIpc) is 2.83. The molecule has 1 aromatic rings. The van der Waals surface area contributed by atoms with Crippen molar-refractivity contribution in [3.8, 4) is 0 Å². The Bertz CT molecular complexity index is 376. The van der Waals surface area contributed by atoms with Gasteiger partial charge in [0.15, 0.2) is 11.4 Å². The highest BCUT2D eigenvalue weighted by molar-refractivity contribution is 7.17. The van der Waals surface area contributed by atoms with Gasteiger partial charge in [-0.3, -0.25) is 4.79 Å². The van der Waals surface area contributed by atoms with E-state index in [-0.39, 0.29) is 0 Å². The molecule has 4 heteroatoms. The first-order chi connectivity index (χ1) is 8.67. The molecular formula is C14H24N2OS. The van der Waals surface area contributed by atoms with Crippen LogP contribution in [0.3, 0.4) is 0 Å². The average molecular weight is 268 g/mol. The van der Waals surface area contributed by atoms with Gasteiger partial charge >= 0.3 is 0 Å². The summed E-state index contributed by atoms with van der Waals surface area (Å²) < 4.78 is 0. The molecule has 1 rings (SSSR count). The Labute approximate surface area is 114 Å². The second-order valence-corrected chi connectivity index (χ2v) is 5.62. The van der Waals surface area contributed by atoms with Crippen molar-refractivity contribution in [2.45, 2.75) is 52.9 Å². The molecule has 1 atom stereocenters. The van der Waals surface area contributed by atoms with E-state index in [1.807, 2.05) is 0 Å². The molecule has 0 radical (unpaired) electrons. The number of hydrogen-bond donors (Lipinski definition) is 0. The van der Waals surface area contributed by atoms with E-state index in [1.165, 1.54) is 24.2 Å². The van der Waals surface area contributed by atoms with Gasteiger partial charge in [-0.25, -0.2) is 4.98 Å². The van der Waals surface area contributed by atoms with E-state index in [9.17, 15) is 4.79 Å². The van der Waals surface area contributed by atoms with E-state index in [0.717, 1.165) is 41.5 Å². The third kappa shape index (κ3) is 3.55. The van der Waals surface area contributed by atoms with Crippen LogP contribution in [0.1, 0.15) is 68.2 Å². The molecule has 1 heterocycles. The largest absolute Gasteiger partial charge is 0.348 e. The predicted octanol–water partition coefficient (Wildman–Crippen LogP) is 4.10. The first kappa shape index (κ1) is 15.2. The van der Waals surface area contributed by atoms with Crippen LogP contribution in [0.2, 0.25) is 0 Å². The van der Waals surface area contributed by atoms with Crippen LogP contribution in [0, 0.1) is 0 Å². The summed E-state index contributed by atoms with van der Waals surface area (Å²) >= 11 is 1.53. The van der Waals surface area contributed by atoms with Crippen LogP contribution in [-0.4, -0.2) is 24.4 Å². The fraction of sp³-hybridized carbons (Fsp3) is 0.714. The molecular weight excluding hydrogens is 244 g/mol. The Hall–Kier alpha value is -0.900. The summed E-state index contributed by atoms with van der Waals surface area (Å²) in [5, 5.41) is 1.00. The summed E-state index contributed by atoms with van der Waals surface area (Å²) in [7, 11) is 0. The second kappa shape index (κ2) is 7.52. The van der Waals surface area contributed by atoms with Gasteiger partial charge in [0.2, 0.25) is 0 Å². The van der Waals surface area contributed by atoms with Gasteiger partial charge in [0.05, 0.1) is 10.6 Å². The Balaban J connectivity index is 2.94. The number of nitrogens with zero attached hydrogens (tertiary/aromatic N) is 2. The second-order valence-electron chi connectivity index (χ2n) is 4.61. The maximum atomic E-state index is 11.1. The molecule has 0 saturated carbocycles. The zero-order valence-corrected chi connectivity index (χ0v) is 12.7. The van der Waals surface area contributed by atoms with Gasteiger partial charge in [0, 0.05) is 13.1 Å². The van der Waals surface area contributed by atoms with E-state index in [1.54, 1.807) is 0 Å². The molecule has 0 aliphatic carbocycles. The maximum absolute atomic E-state index is 11.1. The Kier molecular flexibility index (Phi) is 6.33. The van der Waals surface area contributed by atoms with Crippen molar-refractivity contribution < 1.29 is 4.79 Å². The minimum Gasteiger partial charge on any atom is -0.348 e. The topological polar surface area (TPSA) is 33.2 Å². The monoisotopic (exact) mass is 268 g/mol. The summed E-state index contributed by atoms with van der Waals surface area (Å²) in [5.41, 5.74) is 0.974. The summed E-state index contributed by atoms with van der Waals surface area (Å²) in [6.07, 6.45) is 4.32. The van der Waals surface area contributed by atoms with Crippen molar-refractivity contribution in [1.29, 1.82) is 0 Å². The van der Waals surface area contributed by atoms with E-state index in [2.05, 4.69) is 37.6 Å². The normalized spacial score (nSPS) is 12.4. The summed E-state index contributed by atoms with van der Waals surface area (Å²) in [6.45, 7) is 10.6. The molecule has 0 amide bonds. The maximum Gasteiger partial charge on any atom is 0.186 e. The molecule has 18 heavy (non-hydrogen) atoms. The number of carbonyl (C=O) groups is 1. The fourth-order valence-electron chi connectivity index (χ4n) is 1.84. The molecule has 0 saturated heterocycles. The van der Waals surface area contributed by atoms with Crippen LogP contribution >= 0.6 is 11.3 Å². The first-order valence-corrected chi connectivity index (χ1v) is 7.70. The van der Waals surface area contributed by atoms with Crippen molar-refractivity contribution in [1.82, 2.24) is 4.98 Å². The summed E-state index contributed by atoms with van der Waals surface area (Å²) in [4.78, 5) is 18.9. The minimum atomic E-state index is 0.361. The number of carbonyl (C=O) groups excluding carboxylic acids is 1. The number of unbranched alkanes of at least 4 members (excludes halogenated alkanes) is 1. The number of hydrogen-bond acceptors (Lipinski definition) is 4. The fourth-order valence-corrected chi connectivity index (χ4v) is 2.93. The standard InChI is InChI=1S/C14H24N2OS/c1-5-8-9-16(7-3)14-15-13(11(4)6-2)12(10-17)18-14/h10-11H,5-9H2,1-4H3. The van der Waals surface area contributed by atoms with Gasteiger partial charge in [-0.05, 0) is 25.7 Å². The van der Waals surface area contributed by atoms with Crippen LogP contribution < -0.4 is 4.90 Å². The minimum absolute atomic E-state index is 0.361. The van der Waals surface area contributed by atoms with Gasteiger partial charge in [0.25, 0.3) is 0 Å². The van der Waals surface area contributed by atoms with Gasteiger partial charge in [-0.2, -0.15) is 0 Å². The molecule has 0 aromatic carbocycles. The summed E-state index contributed by atoms with van der Waals surface area (Å²) in [5.74, 6) is 0.361. The van der Waals surface area contributed by atoms with Crippen molar-refractivity contribution >= 4 is 22.8 Å². The van der Waals surface area contributed by atoms with Crippen LogP contribution in [0.4, 0.5) is 5.13 Å². The van der Waals surface area contributed by atoms with E-state index in [0.29, 0.717) is 5.92 Å². The third-order valence-corrected chi connectivity index (χ3v) is 4.35. The summed E-state index contributed by atoms with van der Waals surface area (Å²) in [6, 6.07) is 0. The zero-order chi connectivity index (χ0) is 13.5. The number of aldehydes is 1. The van der Waals surface area contributed by atoms with Gasteiger partial charge < -0.3 is 4.90 Å². The van der Waals surface area contributed by atoms with Crippen molar-refractivity contribution in [2.24, 2.45) is 0 Å². The van der Waals surface area contributed by atoms with Gasteiger partial charge in [-0.1, -0.05) is 38.5 Å². The van der Waals surface area contributed by atoms with Crippen LogP contribution in [0.5, 0.6) is 0 Å². The zero-order valence-electron chi connectivity index (χ0n) is 11.9. The van der Waals surface area contributed by atoms with E-state index < -0.39 is 0 Å². The van der Waals surface area contributed by atoms with E-state index >= 15 is 0 Å². The van der Waals surface area contributed by atoms with Crippen LogP contribution in [-0.2, 0) is 0 Å². The number of anilines is 1. The molecule has 0 fully saturated rings. The van der Waals surface area contributed by atoms with Crippen molar-refractivity contribution in [2.75, 3.05) is 18.0 Å². The highest BCUT2D eigenvalue weighted by Gasteiger charge is 2.18. The number of aromatic nitrogens is 1. The number of rotatable bonds is 8. The molecule has 0 bridgehead atoms. The van der Waals surface area contributed by atoms with E-state index in [4.69, 9.17) is 0 Å². The van der Waals surface area contributed by atoms with Gasteiger partial charge in [0.1, 0.15) is 0 Å². The lowest BCUT2D eigenvalue weighted by Crippen LogP contribution is -2.23. The molecule has 0 aliphatic heterocycles. The smallest absolute Gasteiger partial charge is 0.186 e. The van der Waals surface area contributed by atoms with Gasteiger partial charge in [-0.15, -0.1) is 0 Å². The Morgan fingerprint density at radius 1 is 1.39 bits per heavy atom. The molecule has 0 aliphatic rings. The third-order valence-electron chi connectivity index (χ3n) is 3.29. The Morgan fingerprint density at radius 3 is 2.61 bits per heavy atom. The van der Waals surface area contributed by atoms with Crippen LogP contribution in [0.15, 0.2) is 0 Å². The first-order valence-electron chi connectivity index (χ1n) is 6.88. The number of thiazole rings is 1. The lowest BCUT2D eigenvalue weighted by molar-refractivity contribution is 0.112. The predicted molar refractivity (Wildman–Crippen MR) is 79.0 cm³/mol. The SMILES string of the molecule is CCCCN(CC)c1nc(C(C)CC)c(C=O)s1.